The average molecular weight is 235 g/mol. The highest BCUT2D eigenvalue weighted by Crippen LogP contribution is 1.99. The molecule has 0 saturated carbocycles. The summed E-state index contributed by atoms with van der Waals surface area (Å²) >= 11 is 3.95. The van der Waals surface area contributed by atoms with Crippen LogP contribution in [0.4, 0.5) is 0 Å². The van der Waals surface area contributed by atoms with Gasteiger partial charge in [-0.05, 0) is 13.8 Å². The first kappa shape index (κ1) is 14.2. The molecule has 15 heavy (non-hydrogen) atoms. The number of nitrogens with one attached hydrogen (secondary N) is 1. The second kappa shape index (κ2) is 7.53. The van der Waals surface area contributed by atoms with Crippen LogP contribution in [0.5, 0.6) is 0 Å². The maximum atomic E-state index is 11.4. The molecule has 5 nitrogen and oxygen atoms in total. The molecule has 0 aromatic carbocycles. The second-order valence-electron chi connectivity index (χ2n) is 2.90. The highest BCUT2D eigenvalue weighted by Gasteiger charge is 2.21. The van der Waals surface area contributed by atoms with Gasteiger partial charge >= 0.3 is 5.97 Å². The summed E-state index contributed by atoms with van der Waals surface area (Å²) in [6.45, 7) is 5.20. The molecular weight excluding hydrogens is 218 g/mol. The molecule has 1 N–H and O–H groups in total. The van der Waals surface area contributed by atoms with E-state index in [0.717, 1.165) is 0 Å². The van der Waals surface area contributed by atoms with Gasteiger partial charge in [0.25, 0.3) is 0 Å². The van der Waals surface area contributed by atoms with Gasteiger partial charge in [-0.25, -0.2) is 4.79 Å². The number of thiol groups is 1. The van der Waals surface area contributed by atoms with Gasteiger partial charge in [0.1, 0.15) is 6.04 Å². The first-order chi connectivity index (χ1) is 7.01. The monoisotopic (exact) mass is 235 g/mol. The lowest BCUT2D eigenvalue weighted by Crippen LogP contribution is -2.43. The van der Waals surface area contributed by atoms with Gasteiger partial charge in [0.15, 0.2) is 6.29 Å². The Bertz CT molecular complexity index is 222. The van der Waals surface area contributed by atoms with Crippen LogP contribution >= 0.6 is 12.6 Å². The maximum Gasteiger partial charge on any atom is 0.331 e. The van der Waals surface area contributed by atoms with E-state index >= 15 is 0 Å². The highest BCUT2D eigenvalue weighted by atomic mass is 32.1. The van der Waals surface area contributed by atoms with Crippen molar-refractivity contribution in [2.75, 3.05) is 12.4 Å². The molecule has 0 aliphatic heterocycles. The largest absolute Gasteiger partial charge is 0.435 e. The van der Waals surface area contributed by atoms with Gasteiger partial charge in [0, 0.05) is 19.3 Å². The van der Waals surface area contributed by atoms with Crippen LogP contribution in [0.15, 0.2) is 0 Å². The number of carbonyl (C=O) groups is 2. The number of ether oxygens (including phenoxy) is 2. The van der Waals surface area contributed by atoms with Gasteiger partial charge in [-0.1, -0.05) is 0 Å². The Labute approximate surface area is 94.9 Å². The summed E-state index contributed by atoms with van der Waals surface area (Å²) in [6.07, 6.45) is -0.612. The lowest BCUT2D eigenvalue weighted by molar-refractivity contribution is -0.176. The minimum Gasteiger partial charge on any atom is -0.435 e. The van der Waals surface area contributed by atoms with Gasteiger partial charge in [-0.15, -0.1) is 0 Å². The number of carbonyl (C=O) groups excluding carboxylic acids is 2. The molecule has 88 valence electrons. The van der Waals surface area contributed by atoms with E-state index in [4.69, 9.17) is 9.47 Å². The zero-order chi connectivity index (χ0) is 11.8. The molecule has 0 fully saturated rings. The summed E-state index contributed by atoms with van der Waals surface area (Å²) in [5.41, 5.74) is 0. The lowest BCUT2D eigenvalue weighted by Gasteiger charge is -2.18. The van der Waals surface area contributed by atoms with E-state index < -0.39 is 18.3 Å². The smallest absolute Gasteiger partial charge is 0.331 e. The fourth-order valence-electron chi connectivity index (χ4n) is 0.939. The zero-order valence-corrected chi connectivity index (χ0v) is 10.0. The van der Waals surface area contributed by atoms with Crippen molar-refractivity contribution in [2.45, 2.75) is 33.1 Å². The molecule has 0 spiro atoms. The molecule has 1 amide bonds. The number of amides is 1. The van der Waals surface area contributed by atoms with E-state index in [1.165, 1.54) is 6.92 Å². The van der Waals surface area contributed by atoms with E-state index in [-0.39, 0.29) is 11.7 Å². The molecule has 0 bridgehead atoms. The Morgan fingerprint density at radius 1 is 1.47 bits per heavy atom. The van der Waals surface area contributed by atoms with Crippen molar-refractivity contribution >= 4 is 24.5 Å². The summed E-state index contributed by atoms with van der Waals surface area (Å²) in [6, 6.07) is -0.728. The SMILES string of the molecule is CCOC(C)OC(=O)C(CS)NC(C)=O. The molecule has 2 atom stereocenters. The quantitative estimate of drug-likeness (QED) is 0.396. The topological polar surface area (TPSA) is 64.6 Å². The second-order valence-corrected chi connectivity index (χ2v) is 3.26. The van der Waals surface area contributed by atoms with E-state index in [9.17, 15) is 9.59 Å². The van der Waals surface area contributed by atoms with Crippen LogP contribution in [-0.2, 0) is 19.1 Å². The van der Waals surface area contributed by atoms with E-state index in [2.05, 4.69) is 17.9 Å². The van der Waals surface area contributed by atoms with Crippen molar-refractivity contribution < 1.29 is 19.1 Å². The van der Waals surface area contributed by atoms with Gasteiger partial charge in [0.2, 0.25) is 5.91 Å². The Hall–Kier alpha value is -0.750. The molecule has 0 aliphatic carbocycles. The number of hydrogen-bond acceptors (Lipinski definition) is 5. The molecule has 0 aromatic heterocycles. The van der Waals surface area contributed by atoms with Crippen LogP contribution in [0, 0.1) is 0 Å². The van der Waals surface area contributed by atoms with Gasteiger partial charge in [-0.2, -0.15) is 12.6 Å². The summed E-state index contributed by atoms with van der Waals surface area (Å²) in [7, 11) is 0. The summed E-state index contributed by atoms with van der Waals surface area (Å²) in [4.78, 5) is 22.2. The molecule has 0 radical (unpaired) electrons. The molecule has 0 aromatic rings. The van der Waals surface area contributed by atoms with Crippen molar-refractivity contribution in [3.63, 3.8) is 0 Å². The third kappa shape index (κ3) is 6.35. The van der Waals surface area contributed by atoms with Crippen molar-refractivity contribution in [3.05, 3.63) is 0 Å². The molecule has 0 rings (SSSR count). The van der Waals surface area contributed by atoms with Crippen LogP contribution in [0.25, 0.3) is 0 Å². The maximum absolute atomic E-state index is 11.4. The van der Waals surface area contributed by atoms with E-state index in [1.54, 1.807) is 13.8 Å². The Balaban J connectivity index is 4.09. The fraction of sp³-hybridized carbons (Fsp3) is 0.778. The highest BCUT2D eigenvalue weighted by molar-refractivity contribution is 7.80. The Kier molecular flexibility index (Phi) is 7.15. The first-order valence-electron chi connectivity index (χ1n) is 4.71. The third-order valence-corrected chi connectivity index (χ3v) is 1.89. The molecule has 0 aliphatic rings. The predicted molar refractivity (Wildman–Crippen MR) is 58.6 cm³/mol. The van der Waals surface area contributed by atoms with Crippen molar-refractivity contribution in [1.82, 2.24) is 5.32 Å². The first-order valence-corrected chi connectivity index (χ1v) is 5.34. The number of rotatable bonds is 6. The van der Waals surface area contributed by atoms with Gasteiger partial charge < -0.3 is 14.8 Å². The van der Waals surface area contributed by atoms with E-state index in [1.807, 2.05) is 0 Å². The van der Waals surface area contributed by atoms with Crippen molar-refractivity contribution in [1.29, 1.82) is 0 Å². The minimum absolute atomic E-state index is 0.192. The summed E-state index contributed by atoms with van der Waals surface area (Å²) in [5, 5.41) is 2.43. The van der Waals surface area contributed by atoms with Crippen molar-refractivity contribution in [3.8, 4) is 0 Å². The van der Waals surface area contributed by atoms with Crippen LogP contribution in [0.1, 0.15) is 20.8 Å². The standard InChI is InChI=1S/C9H17NO4S/c1-4-13-7(3)14-9(12)8(5-15)10-6(2)11/h7-8,15H,4-5H2,1-3H3,(H,10,11). The van der Waals surface area contributed by atoms with Crippen LogP contribution in [0.2, 0.25) is 0 Å². The summed E-state index contributed by atoms with van der Waals surface area (Å²) in [5.74, 6) is -0.645. The fourth-order valence-corrected chi connectivity index (χ4v) is 1.18. The zero-order valence-electron chi connectivity index (χ0n) is 9.15. The van der Waals surface area contributed by atoms with Crippen LogP contribution in [0.3, 0.4) is 0 Å². The summed E-state index contributed by atoms with van der Waals surface area (Å²) < 4.78 is 9.95. The minimum atomic E-state index is -0.728. The van der Waals surface area contributed by atoms with Gasteiger partial charge in [0.05, 0.1) is 0 Å². The molecule has 6 heteroatoms. The number of esters is 1. The van der Waals surface area contributed by atoms with Crippen LogP contribution < -0.4 is 5.32 Å². The third-order valence-electron chi connectivity index (χ3n) is 1.53. The molecular formula is C9H17NO4S. The Morgan fingerprint density at radius 2 is 2.07 bits per heavy atom. The number of hydrogen-bond donors (Lipinski definition) is 2. The van der Waals surface area contributed by atoms with Gasteiger partial charge in [-0.3, -0.25) is 4.79 Å². The molecule has 2 unspecified atom stereocenters. The predicted octanol–water partition coefficient (Wildman–Crippen LogP) is 0.347. The Morgan fingerprint density at radius 3 is 2.47 bits per heavy atom. The normalized spacial score (nSPS) is 14.1. The van der Waals surface area contributed by atoms with Crippen LogP contribution in [-0.4, -0.2) is 36.6 Å². The molecule has 0 saturated heterocycles. The van der Waals surface area contributed by atoms with Crippen molar-refractivity contribution in [2.24, 2.45) is 0 Å². The van der Waals surface area contributed by atoms with E-state index in [0.29, 0.717) is 6.61 Å². The molecule has 0 heterocycles. The average Bonchev–Trinajstić information content (AvgIpc) is 2.13. The lowest BCUT2D eigenvalue weighted by atomic mass is 10.3.